The minimum atomic E-state index is -0.774. The highest BCUT2D eigenvalue weighted by molar-refractivity contribution is 6.00. The Hall–Kier alpha value is -3.30. The Morgan fingerprint density at radius 2 is 1.70 bits per heavy atom. The van der Waals surface area contributed by atoms with Crippen molar-refractivity contribution >= 4 is 12.0 Å². The molecule has 0 unspecified atom stereocenters. The predicted molar refractivity (Wildman–Crippen MR) is 102 cm³/mol. The first-order valence-corrected chi connectivity index (χ1v) is 8.51. The molecule has 27 heavy (non-hydrogen) atoms. The number of aryl methyl sites for hydroxylation is 1. The molecular weight excluding hydrogens is 344 g/mol. The fourth-order valence-electron chi connectivity index (χ4n) is 2.21. The van der Waals surface area contributed by atoms with Crippen LogP contribution in [-0.4, -0.2) is 32.3 Å². The Bertz CT molecular complexity index is 823. The molecule has 2 N–H and O–H groups in total. The first kappa shape index (κ1) is 20.0. The van der Waals surface area contributed by atoms with E-state index in [4.69, 9.17) is 25.2 Å². The van der Waals surface area contributed by atoms with Crippen LogP contribution in [0.2, 0.25) is 0 Å². The SMILES string of the molecule is Cc1ccc(OCCOCCOc2ccccc2/C=C(/C#N)C(N)=O)cc1. The summed E-state index contributed by atoms with van der Waals surface area (Å²) in [7, 11) is 0. The summed E-state index contributed by atoms with van der Waals surface area (Å²) in [4.78, 5) is 11.2. The van der Waals surface area contributed by atoms with Gasteiger partial charge >= 0.3 is 0 Å². The van der Waals surface area contributed by atoms with E-state index in [1.165, 1.54) is 11.6 Å². The quantitative estimate of drug-likeness (QED) is 0.396. The highest BCUT2D eigenvalue weighted by Gasteiger charge is 2.07. The van der Waals surface area contributed by atoms with E-state index in [1.807, 2.05) is 31.2 Å². The van der Waals surface area contributed by atoms with Crippen molar-refractivity contribution in [2.45, 2.75) is 6.92 Å². The number of amides is 1. The molecule has 0 aliphatic heterocycles. The molecule has 0 atom stereocenters. The molecule has 0 saturated heterocycles. The summed E-state index contributed by atoms with van der Waals surface area (Å²) in [6.07, 6.45) is 1.41. The number of nitrogens with two attached hydrogens (primary N) is 1. The third-order valence-corrected chi connectivity index (χ3v) is 3.61. The number of hydrogen-bond donors (Lipinski definition) is 1. The second kappa shape index (κ2) is 10.6. The van der Waals surface area contributed by atoms with Gasteiger partial charge in [0.05, 0.1) is 13.2 Å². The summed E-state index contributed by atoms with van der Waals surface area (Å²) in [5.74, 6) is 0.583. The van der Waals surface area contributed by atoms with Crippen LogP contribution in [0.3, 0.4) is 0 Å². The molecule has 140 valence electrons. The molecule has 0 aromatic heterocycles. The topological polar surface area (TPSA) is 94.6 Å². The van der Waals surface area contributed by atoms with E-state index in [2.05, 4.69) is 0 Å². The Morgan fingerprint density at radius 3 is 2.37 bits per heavy atom. The van der Waals surface area contributed by atoms with Crippen molar-refractivity contribution in [3.8, 4) is 17.6 Å². The summed E-state index contributed by atoms with van der Waals surface area (Å²) in [5.41, 5.74) is 6.82. The van der Waals surface area contributed by atoms with Gasteiger partial charge in [0.25, 0.3) is 5.91 Å². The van der Waals surface area contributed by atoms with E-state index in [-0.39, 0.29) is 5.57 Å². The summed E-state index contributed by atoms with van der Waals surface area (Å²) >= 11 is 0. The molecule has 2 aromatic carbocycles. The second-order valence-corrected chi connectivity index (χ2v) is 5.69. The molecule has 6 nitrogen and oxygen atoms in total. The summed E-state index contributed by atoms with van der Waals surface area (Å²) in [5, 5.41) is 8.95. The van der Waals surface area contributed by atoms with Crippen LogP contribution in [0.25, 0.3) is 6.08 Å². The van der Waals surface area contributed by atoms with Crippen molar-refractivity contribution in [2.24, 2.45) is 5.73 Å². The van der Waals surface area contributed by atoms with E-state index in [9.17, 15) is 4.79 Å². The van der Waals surface area contributed by atoms with Crippen molar-refractivity contribution in [3.05, 3.63) is 65.2 Å². The minimum absolute atomic E-state index is 0.129. The molecule has 0 heterocycles. The molecule has 2 aromatic rings. The lowest BCUT2D eigenvalue weighted by Gasteiger charge is -2.10. The third kappa shape index (κ3) is 6.84. The van der Waals surface area contributed by atoms with Gasteiger partial charge in [-0.25, -0.2) is 0 Å². The summed E-state index contributed by atoms with van der Waals surface area (Å²) < 4.78 is 16.7. The Labute approximate surface area is 158 Å². The van der Waals surface area contributed by atoms with E-state index in [0.29, 0.717) is 37.7 Å². The van der Waals surface area contributed by atoms with Gasteiger partial charge in [-0.15, -0.1) is 0 Å². The summed E-state index contributed by atoms with van der Waals surface area (Å²) in [6, 6.07) is 16.7. The zero-order chi connectivity index (χ0) is 19.5. The van der Waals surface area contributed by atoms with E-state index < -0.39 is 5.91 Å². The predicted octanol–water partition coefficient (Wildman–Crippen LogP) is 2.86. The zero-order valence-corrected chi connectivity index (χ0v) is 15.2. The number of carbonyl (C=O) groups is 1. The van der Waals surface area contributed by atoms with Gasteiger partial charge in [-0.1, -0.05) is 35.9 Å². The van der Waals surface area contributed by atoms with Gasteiger partial charge in [-0.05, 0) is 31.2 Å². The smallest absolute Gasteiger partial charge is 0.259 e. The lowest BCUT2D eigenvalue weighted by molar-refractivity contribution is -0.114. The fourth-order valence-corrected chi connectivity index (χ4v) is 2.21. The van der Waals surface area contributed by atoms with Crippen LogP contribution in [0.4, 0.5) is 0 Å². The molecular formula is C21H22N2O4. The maximum absolute atomic E-state index is 11.2. The molecule has 0 saturated carbocycles. The average Bonchev–Trinajstić information content (AvgIpc) is 2.67. The maximum Gasteiger partial charge on any atom is 0.259 e. The van der Waals surface area contributed by atoms with Crippen LogP contribution in [0.1, 0.15) is 11.1 Å². The minimum Gasteiger partial charge on any atom is -0.491 e. The Kier molecular flexibility index (Phi) is 7.89. The molecule has 0 spiro atoms. The van der Waals surface area contributed by atoms with E-state index in [0.717, 1.165) is 5.75 Å². The van der Waals surface area contributed by atoms with Gasteiger partial charge in [0.1, 0.15) is 36.4 Å². The number of rotatable bonds is 10. The molecule has 6 heteroatoms. The van der Waals surface area contributed by atoms with E-state index in [1.54, 1.807) is 30.3 Å². The van der Waals surface area contributed by atoms with Gasteiger partial charge in [-0.3, -0.25) is 4.79 Å². The van der Waals surface area contributed by atoms with Crippen molar-refractivity contribution in [1.82, 2.24) is 0 Å². The highest BCUT2D eigenvalue weighted by atomic mass is 16.5. The van der Waals surface area contributed by atoms with Gasteiger partial charge in [-0.2, -0.15) is 5.26 Å². The van der Waals surface area contributed by atoms with Gasteiger partial charge < -0.3 is 19.9 Å². The number of primary amides is 1. The van der Waals surface area contributed by atoms with Gasteiger partial charge in [0, 0.05) is 5.56 Å². The van der Waals surface area contributed by atoms with Crippen LogP contribution >= 0.6 is 0 Å². The van der Waals surface area contributed by atoms with Gasteiger partial charge in [0.2, 0.25) is 0 Å². The molecule has 0 fully saturated rings. The van der Waals surface area contributed by atoms with Gasteiger partial charge in [0.15, 0.2) is 0 Å². The molecule has 1 amide bonds. The fraction of sp³-hybridized carbons (Fsp3) is 0.238. The first-order valence-electron chi connectivity index (χ1n) is 8.51. The normalized spacial score (nSPS) is 10.9. The largest absolute Gasteiger partial charge is 0.491 e. The monoisotopic (exact) mass is 366 g/mol. The van der Waals surface area contributed by atoms with Crippen LogP contribution in [0.5, 0.6) is 11.5 Å². The second-order valence-electron chi connectivity index (χ2n) is 5.69. The standard InChI is InChI=1S/C21H22N2O4/c1-16-6-8-19(9-7-16)26-12-10-25-11-13-27-20-5-3-2-4-17(20)14-18(15-22)21(23)24/h2-9,14H,10-13H2,1H3,(H2,23,24)/b18-14-. The number of para-hydroxylation sites is 1. The van der Waals surface area contributed by atoms with Crippen LogP contribution in [0.15, 0.2) is 54.1 Å². The van der Waals surface area contributed by atoms with E-state index >= 15 is 0 Å². The molecule has 0 radical (unpaired) electrons. The average molecular weight is 366 g/mol. The molecule has 0 aliphatic carbocycles. The Balaban J connectivity index is 1.73. The molecule has 0 aliphatic rings. The number of nitrogens with zero attached hydrogens (tertiary/aromatic N) is 1. The van der Waals surface area contributed by atoms with Crippen molar-refractivity contribution in [3.63, 3.8) is 0 Å². The van der Waals surface area contributed by atoms with Crippen LogP contribution < -0.4 is 15.2 Å². The third-order valence-electron chi connectivity index (χ3n) is 3.61. The zero-order valence-electron chi connectivity index (χ0n) is 15.2. The van der Waals surface area contributed by atoms with Crippen LogP contribution in [0, 0.1) is 18.3 Å². The number of benzene rings is 2. The highest BCUT2D eigenvalue weighted by Crippen LogP contribution is 2.20. The number of hydrogen-bond acceptors (Lipinski definition) is 5. The number of ether oxygens (including phenoxy) is 3. The first-order chi connectivity index (χ1) is 13.1. The lowest BCUT2D eigenvalue weighted by atomic mass is 10.1. The van der Waals surface area contributed by atoms with Crippen molar-refractivity contribution < 1.29 is 19.0 Å². The number of carbonyl (C=O) groups excluding carboxylic acids is 1. The van der Waals surface area contributed by atoms with Crippen LogP contribution in [-0.2, 0) is 9.53 Å². The number of nitriles is 1. The van der Waals surface area contributed by atoms with Crippen molar-refractivity contribution in [1.29, 1.82) is 5.26 Å². The maximum atomic E-state index is 11.2. The van der Waals surface area contributed by atoms with Crippen molar-refractivity contribution in [2.75, 3.05) is 26.4 Å². The Morgan fingerprint density at radius 1 is 1.04 bits per heavy atom. The molecule has 2 rings (SSSR count). The summed E-state index contributed by atoms with van der Waals surface area (Å²) in [6.45, 7) is 3.63. The molecule has 0 bridgehead atoms. The lowest BCUT2D eigenvalue weighted by Crippen LogP contribution is -2.13.